The molecule has 0 aromatic heterocycles. The van der Waals surface area contributed by atoms with Gasteiger partial charge >= 0.3 is 5.97 Å². The van der Waals surface area contributed by atoms with E-state index in [1.165, 1.54) is 0 Å². The molecule has 2 rings (SSSR count). The molecule has 0 bridgehead atoms. The maximum Gasteiger partial charge on any atom is 0.303 e. The Bertz CT molecular complexity index is 330. The van der Waals surface area contributed by atoms with E-state index in [-0.39, 0.29) is 19.0 Å². The summed E-state index contributed by atoms with van der Waals surface area (Å²) in [6, 6.07) is 9.57. The lowest BCUT2D eigenvalue weighted by Gasteiger charge is -2.36. The molecule has 0 radical (unpaired) electrons. The number of rotatable bonds is 4. The van der Waals surface area contributed by atoms with E-state index >= 15 is 0 Å². The normalized spacial score (nSPS) is 24.5. The zero-order valence-corrected chi connectivity index (χ0v) is 8.13. The molecule has 4 nitrogen and oxygen atoms in total. The topological polar surface area (TPSA) is 55.8 Å². The van der Waals surface area contributed by atoms with Crippen molar-refractivity contribution in [2.45, 2.75) is 25.4 Å². The van der Waals surface area contributed by atoms with Gasteiger partial charge in [-0.25, -0.2) is 0 Å². The maximum absolute atomic E-state index is 10.3. The van der Waals surface area contributed by atoms with Gasteiger partial charge in [0.2, 0.25) is 0 Å². The van der Waals surface area contributed by atoms with Crippen molar-refractivity contribution in [1.29, 1.82) is 0 Å². The molecule has 1 aliphatic rings. The highest BCUT2D eigenvalue weighted by Crippen LogP contribution is 2.33. The Hall–Kier alpha value is -1.39. The molecular formula is C11H12O4. The van der Waals surface area contributed by atoms with Crippen molar-refractivity contribution in [2.75, 3.05) is 0 Å². The number of hydrogen-bond acceptors (Lipinski definition) is 3. The van der Waals surface area contributed by atoms with Gasteiger partial charge in [-0.05, 0) is 0 Å². The highest BCUT2D eigenvalue weighted by molar-refractivity contribution is 5.66. The van der Waals surface area contributed by atoms with E-state index in [1.54, 1.807) is 0 Å². The van der Waals surface area contributed by atoms with E-state index in [9.17, 15) is 4.79 Å². The second-order valence-electron chi connectivity index (χ2n) is 3.38. The molecule has 0 saturated carbocycles. The first-order valence-electron chi connectivity index (χ1n) is 4.83. The Kier molecular flexibility index (Phi) is 2.99. The first-order chi connectivity index (χ1) is 7.25. The Balaban J connectivity index is 1.76. The van der Waals surface area contributed by atoms with E-state index in [0.717, 1.165) is 5.56 Å². The van der Waals surface area contributed by atoms with Crippen LogP contribution in [0.1, 0.15) is 24.7 Å². The van der Waals surface area contributed by atoms with Crippen molar-refractivity contribution in [3.05, 3.63) is 35.9 Å². The van der Waals surface area contributed by atoms with Crippen LogP contribution >= 0.6 is 0 Å². The van der Waals surface area contributed by atoms with E-state index in [2.05, 4.69) is 0 Å². The number of ether oxygens (including phenoxy) is 2. The van der Waals surface area contributed by atoms with Gasteiger partial charge in [-0.1, -0.05) is 30.3 Å². The van der Waals surface area contributed by atoms with Crippen LogP contribution in [0.25, 0.3) is 0 Å². The second kappa shape index (κ2) is 4.42. The molecule has 0 atom stereocenters. The quantitative estimate of drug-likeness (QED) is 0.821. The number of carboxylic acid groups (broad SMARTS) is 1. The van der Waals surface area contributed by atoms with E-state index in [1.807, 2.05) is 30.3 Å². The minimum Gasteiger partial charge on any atom is -0.481 e. The van der Waals surface area contributed by atoms with Crippen LogP contribution in [-0.2, 0) is 14.3 Å². The highest BCUT2D eigenvalue weighted by Gasteiger charge is 2.31. The van der Waals surface area contributed by atoms with E-state index in [4.69, 9.17) is 14.6 Å². The molecule has 0 spiro atoms. The van der Waals surface area contributed by atoms with Crippen molar-refractivity contribution in [3.63, 3.8) is 0 Å². The fourth-order valence-electron chi connectivity index (χ4n) is 1.43. The van der Waals surface area contributed by atoms with Crippen molar-refractivity contribution < 1.29 is 19.4 Å². The van der Waals surface area contributed by atoms with Crippen LogP contribution in [0.15, 0.2) is 30.3 Å². The predicted molar refractivity (Wildman–Crippen MR) is 52.0 cm³/mol. The van der Waals surface area contributed by atoms with Crippen LogP contribution < -0.4 is 0 Å². The minimum absolute atomic E-state index is 0.0756. The van der Waals surface area contributed by atoms with Gasteiger partial charge in [0.1, 0.15) is 0 Å². The lowest BCUT2D eigenvalue weighted by Crippen LogP contribution is -2.34. The van der Waals surface area contributed by atoms with Crippen LogP contribution in [-0.4, -0.2) is 17.4 Å². The van der Waals surface area contributed by atoms with Gasteiger partial charge in [-0.15, -0.1) is 0 Å². The van der Waals surface area contributed by atoms with Crippen molar-refractivity contribution >= 4 is 5.97 Å². The molecule has 1 saturated heterocycles. The first kappa shape index (κ1) is 10.1. The zero-order valence-electron chi connectivity index (χ0n) is 8.13. The largest absolute Gasteiger partial charge is 0.481 e. The molecule has 4 heteroatoms. The van der Waals surface area contributed by atoms with E-state index < -0.39 is 5.97 Å². The second-order valence-corrected chi connectivity index (χ2v) is 3.38. The van der Waals surface area contributed by atoms with Gasteiger partial charge in [0.05, 0.1) is 6.42 Å². The van der Waals surface area contributed by atoms with Gasteiger partial charge in [0, 0.05) is 12.0 Å². The molecule has 1 aromatic carbocycles. The smallest absolute Gasteiger partial charge is 0.303 e. The lowest BCUT2D eigenvalue weighted by molar-refractivity contribution is -0.391. The van der Waals surface area contributed by atoms with Crippen LogP contribution in [0.5, 0.6) is 0 Å². The standard InChI is InChI=1S/C11H12O4/c12-9(13)6-7-10-14-11(15-10)8-4-2-1-3-5-8/h1-5,10-11H,6-7H2,(H,12,13). The lowest BCUT2D eigenvalue weighted by atomic mass is 10.2. The maximum atomic E-state index is 10.3. The van der Waals surface area contributed by atoms with Gasteiger partial charge in [0.25, 0.3) is 0 Å². The fourth-order valence-corrected chi connectivity index (χ4v) is 1.43. The summed E-state index contributed by atoms with van der Waals surface area (Å²) in [7, 11) is 0. The SMILES string of the molecule is O=C(O)CCC1OC(c2ccccc2)O1. The third-order valence-corrected chi connectivity index (χ3v) is 2.22. The molecule has 15 heavy (non-hydrogen) atoms. The summed E-state index contributed by atoms with van der Waals surface area (Å²) in [6.07, 6.45) is -0.221. The summed E-state index contributed by atoms with van der Waals surface area (Å²) >= 11 is 0. The molecule has 1 aromatic rings. The van der Waals surface area contributed by atoms with E-state index in [0.29, 0.717) is 6.42 Å². The Labute approximate surface area is 87.4 Å². The highest BCUT2D eigenvalue weighted by atomic mass is 16.9. The summed E-state index contributed by atoms with van der Waals surface area (Å²) in [6.45, 7) is 0. The Morgan fingerprint density at radius 1 is 1.27 bits per heavy atom. The molecular weight excluding hydrogens is 196 g/mol. The van der Waals surface area contributed by atoms with Crippen molar-refractivity contribution in [3.8, 4) is 0 Å². The molecule has 1 fully saturated rings. The summed E-state index contributed by atoms with van der Waals surface area (Å²) in [5.74, 6) is -0.828. The molecule has 1 N–H and O–H groups in total. The zero-order chi connectivity index (χ0) is 10.7. The number of benzene rings is 1. The Morgan fingerprint density at radius 2 is 1.93 bits per heavy atom. The molecule has 80 valence electrons. The number of hydrogen-bond donors (Lipinski definition) is 1. The third-order valence-electron chi connectivity index (χ3n) is 2.22. The summed E-state index contributed by atoms with van der Waals surface area (Å²) in [4.78, 5) is 10.3. The van der Waals surface area contributed by atoms with Gasteiger partial charge in [0.15, 0.2) is 12.6 Å². The molecule has 1 heterocycles. The third kappa shape index (κ3) is 2.55. The average molecular weight is 208 g/mol. The van der Waals surface area contributed by atoms with Crippen LogP contribution in [0.3, 0.4) is 0 Å². The number of carboxylic acids is 1. The van der Waals surface area contributed by atoms with Crippen LogP contribution in [0, 0.1) is 0 Å². The van der Waals surface area contributed by atoms with Crippen LogP contribution in [0.4, 0.5) is 0 Å². The minimum atomic E-state index is -0.828. The average Bonchev–Trinajstić information content (AvgIpc) is 2.16. The fraction of sp³-hybridized carbons (Fsp3) is 0.364. The van der Waals surface area contributed by atoms with Gasteiger partial charge < -0.3 is 14.6 Å². The number of carbonyl (C=O) groups is 1. The molecule has 0 unspecified atom stereocenters. The van der Waals surface area contributed by atoms with Gasteiger partial charge in [-0.2, -0.15) is 0 Å². The molecule has 0 amide bonds. The van der Waals surface area contributed by atoms with Gasteiger partial charge in [-0.3, -0.25) is 4.79 Å². The summed E-state index contributed by atoms with van der Waals surface area (Å²) in [5.41, 5.74) is 0.962. The van der Waals surface area contributed by atoms with Crippen molar-refractivity contribution in [2.24, 2.45) is 0 Å². The predicted octanol–water partition coefficient (Wildman–Crippen LogP) is 1.92. The molecule has 0 aliphatic carbocycles. The summed E-state index contributed by atoms with van der Waals surface area (Å²) < 4.78 is 10.8. The first-order valence-corrected chi connectivity index (χ1v) is 4.83. The molecule has 1 aliphatic heterocycles. The Morgan fingerprint density at radius 3 is 2.53 bits per heavy atom. The number of aliphatic carboxylic acids is 1. The summed E-state index contributed by atoms with van der Waals surface area (Å²) in [5, 5.41) is 8.45. The van der Waals surface area contributed by atoms with Crippen LogP contribution in [0.2, 0.25) is 0 Å². The van der Waals surface area contributed by atoms with Crippen molar-refractivity contribution in [1.82, 2.24) is 0 Å². The monoisotopic (exact) mass is 208 g/mol.